The van der Waals surface area contributed by atoms with Crippen LogP contribution in [0.2, 0.25) is 0 Å². The highest BCUT2D eigenvalue weighted by molar-refractivity contribution is 7.46. The van der Waals surface area contributed by atoms with E-state index >= 15 is 0 Å². The Kier molecular flexibility index (Phi) is 39.6. The number of ether oxygens (including phenoxy) is 2. The third-order valence-corrected chi connectivity index (χ3v) is 9.55. The summed E-state index contributed by atoms with van der Waals surface area (Å²) in [6.45, 7) is 1.65. The second-order valence-corrected chi connectivity index (χ2v) is 15.6. The number of carbonyl (C=O) groups excluding carboxylic acids is 2. The number of esters is 2. The average molecular weight is 795 g/mol. The topological polar surface area (TPSA) is 140 Å². The molecule has 0 aliphatic heterocycles. The lowest BCUT2D eigenvalue weighted by Gasteiger charge is -2.18. The summed E-state index contributed by atoms with van der Waals surface area (Å²) in [5.41, 5.74) is 0. The number of phosphoric ester groups is 1. The molecule has 0 aromatic rings. The van der Waals surface area contributed by atoms with Crippen molar-refractivity contribution in [1.82, 2.24) is 0 Å². The molecule has 3 N–H and O–H groups in total. The summed E-state index contributed by atoms with van der Waals surface area (Å²) in [7, 11) is -4.78. The van der Waals surface area contributed by atoms with E-state index in [0.717, 1.165) is 64.2 Å². The van der Waals surface area contributed by atoms with Crippen LogP contribution in [0.15, 0.2) is 60.8 Å². The first-order valence-electron chi connectivity index (χ1n) is 21.7. The maximum Gasteiger partial charge on any atom is 0.469 e. The second-order valence-electron chi connectivity index (χ2n) is 14.4. The predicted molar refractivity (Wildman–Crippen MR) is 227 cm³/mol. The van der Waals surface area contributed by atoms with Gasteiger partial charge in [-0.2, -0.15) is 0 Å². The number of carbonyl (C=O) groups is 2. The minimum Gasteiger partial charge on any atom is -0.462 e. The van der Waals surface area contributed by atoms with Crippen LogP contribution in [0.4, 0.5) is 0 Å². The molecule has 0 spiro atoms. The van der Waals surface area contributed by atoms with Crippen molar-refractivity contribution in [3.05, 3.63) is 60.8 Å². The van der Waals surface area contributed by atoms with Gasteiger partial charge in [-0.05, 0) is 83.5 Å². The summed E-state index contributed by atoms with van der Waals surface area (Å²) >= 11 is 0. The number of phosphoric acid groups is 1. The highest BCUT2D eigenvalue weighted by Gasteiger charge is 2.22. The van der Waals surface area contributed by atoms with Crippen molar-refractivity contribution in [2.24, 2.45) is 0 Å². The molecule has 9 nitrogen and oxygen atoms in total. The van der Waals surface area contributed by atoms with E-state index < -0.39 is 32.5 Å². The Morgan fingerprint density at radius 2 is 0.909 bits per heavy atom. The lowest BCUT2D eigenvalue weighted by atomic mass is 10.1. The summed E-state index contributed by atoms with van der Waals surface area (Å²) in [4.78, 5) is 42.9. The van der Waals surface area contributed by atoms with Gasteiger partial charge in [-0.1, -0.05) is 151 Å². The molecule has 0 radical (unpaired) electrons. The maximum absolute atomic E-state index is 12.4. The van der Waals surface area contributed by atoms with Gasteiger partial charge in [0.2, 0.25) is 0 Å². The van der Waals surface area contributed by atoms with Crippen LogP contribution in [-0.4, -0.2) is 52.8 Å². The van der Waals surface area contributed by atoms with Crippen LogP contribution in [0.1, 0.15) is 187 Å². The molecule has 0 aliphatic rings. The number of aliphatic hydroxyl groups excluding tert-OH is 1. The third-order valence-electron chi connectivity index (χ3n) is 9.06. The van der Waals surface area contributed by atoms with Gasteiger partial charge in [0.1, 0.15) is 6.61 Å². The lowest BCUT2D eigenvalue weighted by Crippen LogP contribution is -2.29. The SMILES string of the molecule is CCCCCCCC/C=C\CCCCCCCCCCCC(=O)OC[C@H](COP(=O)(O)O)OC(=O)CCC/C=C\C/C=C\C/C=C\C/C=C\CCCCCO. The fraction of sp³-hybridized carbons (Fsp3) is 0.733. The molecule has 0 amide bonds. The van der Waals surface area contributed by atoms with Crippen molar-refractivity contribution >= 4 is 19.8 Å². The van der Waals surface area contributed by atoms with Crippen molar-refractivity contribution in [2.45, 2.75) is 193 Å². The molecule has 0 bridgehead atoms. The molecule has 1 atom stereocenters. The molecule has 10 heteroatoms. The Balaban J connectivity index is 3.99. The van der Waals surface area contributed by atoms with Crippen molar-refractivity contribution in [3.8, 4) is 0 Å². The Hall–Kier alpha value is -2.29. The van der Waals surface area contributed by atoms with E-state index in [1.807, 2.05) is 12.2 Å². The van der Waals surface area contributed by atoms with E-state index in [1.165, 1.54) is 83.5 Å². The van der Waals surface area contributed by atoms with E-state index in [4.69, 9.17) is 24.4 Å². The molecule has 0 saturated carbocycles. The third kappa shape index (κ3) is 44.3. The lowest BCUT2D eigenvalue weighted by molar-refractivity contribution is -0.161. The Labute approximate surface area is 335 Å². The van der Waals surface area contributed by atoms with Gasteiger partial charge in [0.05, 0.1) is 6.61 Å². The summed E-state index contributed by atoms with van der Waals surface area (Å²) in [5, 5.41) is 8.78. The van der Waals surface area contributed by atoms with Gasteiger partial charge >= 0.3 is 19.8 Å². The van der Waals surface area contributed by atoms with Crippen molar-refractivity contribution in [2.75, 3.05) is 19.8 Å². The smallest absolute Gasteiger partial charge is 0.462 e. The van der Waals surface area contributed by atoms with E-state index in [9.17, 15) is 14.2 Å². The first kappa shape index (κ1) is 52.7. The largest absolute Gasteiger partial charge is 0.469 e. The summed E-state index contributed by atoms with van der Waals surface area (Å²) in [6.07, 6.45) is 49.6. The van der Waals surface area contributed by atoms with Gasteiger partial charge in [-0.3, -0.25) is 14.1 Å². The van der Waals surface area contributed by atoms with Crippen LogP contribution in [0.3, 0.4) is 0 Å². The second kappa shape index (κ2) is 41.3. The van der Waals surface area contributed by atoms with Gasteiger partial charge in [0, 0.05) is 19.4 Å². The molecule has 0 saturated heterocycles. The predicted octanol–water partition coefficient (Wildman–Crippen LogP) is 12.3. The summed E-state index contributed by atoms with van der Waals surface area (Å²) in [5.74, 6) is -0.967. The quantitative estimate of drug-likeness (QED) is 0.0239. The highest BCUT2D eigenvalue weighted by atomic mass is 31.2. The van der Waals surface area contributed by atoms with Gasteiger partial charge < -0.3 is 24.4 Å². The van der Waals surface area contributed by atoms with Crippen molar-refractivity contribution in [3.63, 3.8) is 0 Å². The van der Waals surface area contributed by atoms with Gasteiger partial charge in [-0.15, -0.1) is 0 Å². The molecule has 0 aliphatic carbocycles. The van der Waals surface area contributed by atoms with E-state index in [1.54, 1.807) is 0 Å². The molecule has 0 heterocycles. The first-order chi connectivity index (χ1) is 26.8. The zero-order valence-corrected chi connectivity index (χ0v) is 35.4. The van der Waals surface area contributed by atoms with E-state index in [-0.39, 0.29) is 26.1 Å². The molecule has 0 fully saturated rings. The number of hydrogen-bond donors (Lipinski definition) is 3. The van der Waals surface area contributed by atoms with E-state index in [0.29, 0.717) is 19.3 Å². The Morgan fingerprint density at radius 1 is 0.509 bits per heavy atom. The van der Waals surface area contributed by atoms with Gasteiger partial charge in [0.15, 0.2) is 6.10 Å². The molecular formula is C45H79O9P. The number of hydrogen-bond acceptors (Lipinski definition) is 7. The van der Waals surface area contributed by atoms with Crippen LogP contribution in [0, 0.1) is 0 Å². The zero-order valence-electron chi connectivity index (χ0n) is 34.5. The van der Waals surface area contributed by atoms with Crippen LogP contribution < -0.4 is 0 Å². The van der Waals surface area contributed by atoms with Crippen LogP contribution in [0.5, 0.6) is 0 Å². The van der Waals surface area contributed by atoms with Crippen molar-refractivity contribution in [1.29, 1.82) is 0 Å². The van der Waals surface area contributed by atoms with Crippen LogP contribution in [0.25, 0.3) is 0 Å². The Morgan fingerprint density at radius 3 is 1.40 bits per heavy atom. The van der Waals surface area contributed by atoms with Crippen LogP contribution in [-0.2, 0) is 28.2 Å². The highest BCUT2D eigenvalue weighted by Crippen LogP contribution is 2.36. The number of aliphatic hydroxyl groups is 1. The molecule has 0 aromatic carbocycles. The van der Waals surface area contributed by atoms with Crippen LogP contribution >= 0.6 is 7.82 Å². The standard InChI is InChI=1S/C45H79O9P/c1-2-3-4-5-6-7-8-9-10-11-12-14-17-20-23-26-29-32-35-38-44(47)52-41-43(42-53-55(49,50)51)54-45(48)39-36-33-30-27-24-21-18-15-13-16-19-22-25-28-31-34-37-40-46/h9-10,13,16,18,21-22,25,27,30,43,46H,2-8,11-12,14-15,17,19-20,23-24,26,28-29,31-42H2,1H3,(H2,49,50,51)/b10-9-,16-13-,21-18-,25-22-,30-27-/t43-/m1/s1. The fourth-order valence-corrected chi connectivity index (χ4v) is 6.17. The summed E-state index contributed by atoms with van der Waals surface area (Å²) in [6, 6.07) is 0. The van der Waals surface area contributed by atoms with E-state index in [2.05, 4.69) is 60.1 Å². The monoisotopic (exact) mass is 795 g/mol. The fourth-order valence-electron chi connectivity index (χ4n) is 5.81. The average Bonchev–Trinajstić information content (AvgIpc) is 3.16. The molecule has 55 heavy (non-hydrogen) atoms. The molecule has 318 valence electrons. The summed E-state index contributed by atoms with van der Waals surface area (Å²) < 4.78 is 26.3. The zero-order chi connectivity index (χ0) is 40.3. The van der Waals surface area contributed by atoms with Gasteiger partial charge in [0.25, 0.3) is 0 Å². The maximum atomic E-state index is 12.4. The minimum atomic E-state index is -4.78. The van der Waals surface area contributed by atoms with Crippen molar-refractivity contribution < 1.29 is 43.0 Å². The van der Waals surface area contributed by atoms with Gasteiger partial charge in [-0.25, -0.2) is 4.57 Å². The Bertz CT molecular complexity index is 1080. The molecule has 0 aromatic heterocycles. The normalized spacial score (nSPS) is 13.0. The molecular weight excluding hydrogens is 715 g/mol. The number of allylic oxidation sites excluding steroid dienone is 10. The number of rotatable bonds is 40. The molecule has 0 rings (SSSR count). The minimum absolute atomic E-state index is 0.124. The number of unbranched alkanes of at least 4 members (excludes halogenated alkanes) is 19. The molecule has 0 unspecified atom stereocenters. The first-order valence-corrected chi connectivity index (χ1v) is 23.2.